The molecule has 4 aromatic rings. The van der Waals surface area contributed by atoms with Crippen molar-refractivity contribution in [1.29, 1.82) is 5.41 Å². The zero-order valence-electron chi connectivity index (χ0n) is 23.7. The third kappa shape index (κ3) is 5.15. The van der Waals surface area contributed by atoms with Gasteiger partial charge in [-0.2, -0.15) is 4.98 Å². The second kappa shape index (κ2) is 10.4. The van der Waals surface area contributed by atoms with E-state index in [2.05, 4.69) is 80.3 Å². The molecule has 0 spiro atoms. The molecule has 0 amide bonds. The summed E-state index contributed by atoms with van der Waals surface area (Å²) < 4.78 is 11.8. The highest BCUT2D eigenvalue weighted by atomic mass is 35.5. The lowest BCUT2D eigenvalue weighted by Crippen LogP contribution is -2.35. The zero-order valence-corrected chi connectivity index (χ0v) is 24.5. The summed E-state index contributed by atoms with van der Waals surface area (Å²) in [6, 6.07) is 19.1. The number of benzene rings is 3. The Bertz CT molecular complexity index is 1560. The van der Waals surface area contributed by atoms with Gasteiger partial charge < -0.3 is 19.9 Å². The van der Waals surface area contributed by atoms with Gasteiger partial charge in [0.15, 0.2) is 5.96 Å². The summed E-state index contributed by atoms with van der Waals surface area (Å²) in [5.74, 6) is 1.94. The van der Waals surface area contributed by atoms with E-state index in [-0.39, 0.29) is 35.2 Å². The highest BCUT2D eigenvalue weighted by Crippen LogP contribution is 2.46. The van der Waals surface area contributed by atoms with Crippen LogP contribution in [-0.2, 0) is 17.4 Å². The Kier molecular flexibility index (Phi) is 7.29. The summed E-state index contributed by atoms with van der Waals surface area (Å²) >= 11 is 0. The second-order valence-electron chi connectivity index (χ2n) is 12.4. The Labute approximate surface area is 242 Å². The van der Waals surface area contributed by atoms with Crippen LogP contribution in [0, 0.1) is 5.41 Å². The number of nitrogens with zero attached hydrogens (tertiary/aromatic N) is 3. The molecule has 210 valence electrons. The lowest BCUT2D eigenvalue weighted by molar-refractivity contribution is 0.283. The highest BCUT2D eigenvalue weighted by molar-refractivity contribution is 5.87. The fraction of sp³-hybridized carbons (Fsp3) is 0.406. The molecule has 1 fully saturated rings. The van der Waals surface area contributed by atoms with Crippen LogP contribution in [0.3, 0.4) is 0 Å². The fourth-order valence-electron chi connectivity index (χ4n) is 6.14. The third-order valence-corrected chi connectivity index (χ3v) is 8.68. The Balaban J connectivity index is 0.00000323. The van der Waals surface area contributed by atoms with Crippen LogP contribution in [0.5, 0.6) is 5.75 Å². The van der Waals surface area contributed by atoms with Crippen LogP contribution < -0.4 is 10.5 Å². The molecule has 1 aromatic heterocycles. The standard InChI is InChI=1S/C32H37N5O2.ClH/c1-31(2)13-14-32(3,4)26-16-20(7-12-25(26)31)19-38-24-11-10-21-17-23(9-8-22(21)18-24)28-35-29(39-36-28)27-6-5-15-37(27)30(33)34;/h7-12,16-18,27H,5-6,13-15,19H2,1-4H3,(H3,33,34);1H. The molecule has 7 nitrogen and oxygen atoms in total. The van der Waals surface area contributed by atoms with Crippen LogP contribution in [0.15, 0.2) is 59.1 Å². The molecule has 2 aliphatic rings. The summed E-state index contributed by atoms with van der Waals surface area (Å²) in [5.41, 5.74) is 11.1. The first-order valence-corrected chi connectivity index (χ1v) is 13.9. The van der Waals surface area contributed by atoms with Crippen molar-refractivity contribution in [3.8, 4) is 17.1 Å². The fourth-order valence-corrected chi connectivity index (χ4v) is 6.14. The number of hydrogen-bond donors (Lipinski definition) is 2. The van der Waals surface area contributed by atoms with Crippen molar-refractivity contribution in [2.45, 2.75) is 76.9 Å². The normalized spacial score (nSPS) is 19.2. The largest absolute Gasteiger partial charge is 0.489 e. The van der Waals surface area contributed by atoms with Crippen LogP contribution >= 0.6 is 12.4 Å². The molecule has 2 heterocycles. The number of nitrogens with two attached hydrogens (primary N) is 1. The van der Waals surface area contributed by atoms with E-state index in [1.54, 1.807) is 0 Å². The number of ether oxygens (including phenoxy) is 1. The van der Waals surface area contributed by atoms with E-state index in [0.717, 1.165) is 41.5 Å². The maximum Gasteiger partial charge on any atom is 0.249 e. The van der Waals surface area contributed by atoms with Gasteiger partial charge >= 0.3 is 0 Å². The Morgan fingerprint density at radius 1 is 1.00 bits per heavy atom. The summed E-state index contributed by atoms with van der Waals surface area (Å²) in [6.45, 7) is 10.7. The summed E-state index contributed by atoms with van der Waals surface area (Å²) in [5, 5.41) is 14.2. The van der Waals surface area contributed by atoms with E-state index in [4.69, 9.17) is 20.4 Å². The number of rotatable bonds is 5. The first-order chi connectivity index (χ1) is 18.6. The molecule has 1 atom stereocenters. The van der Waals surface area contributed by atoms with E-state index in [1.807, 2.05) is 17.0 Å². The minimum atomic E-state index is -0.128. The van der Waals surface area contributed by atoms with Gasteiger partial charge in [-0.05, 0) is 82.2 Å². The van der Waals surface area contributed by atoms with Gasteiger partial charge in [0.25, 0.3) is 0 Å². The summed E-state index contributed by atoms with van der Waals surface area (Å²) in [6.07, 6.45) is 4.22. The molecule has 0 radical (unpaired) electrons. The van der Waals surface area contributed by atoms with E-state index in [0.29, 0.717) is 18.3 Å². The van der Waals surface area contributed by atoms with Gasteiger partial charge in [0.2, 0.25) is 11.7 Å². The lowest BCUT2D eigenvalue weighted by atomic mass is 9.63. The average molecular weight is 560 g/mol. The van der Waals surface area contributed by atoms with E-state index >= 15 is 0 Å². The topological polar surface area (TPSA) is 101 Å². The summed E-state index contributed by atoms with van der Waals surface area (Å²) in [4.78, 5) is 6.45. The number of fused-ring (bicyclic) bond motifs is 2. The number of likely N-dealkylation sites (tertiary alicyclic amines) is 1. The predicted molar refractivity (Wildman–Crippen MR) is 161 cm³/mol. The van der Waals surface area contributed by atoms with Gasteiger partial charge in [-0.1, -0.05) is 69.2 Å². The Morgan fingerprint density at radius 3 is 2.50 bits per heavy atom. The van der Waals surface area contributed by atoms with E-state index < -0.39 is 0 Å². The van der Waals surface area contributed by atoms with Crippen LogP contribution in [0.2, 0.25) is 0 Å². The minimum absolute atomic E-state index is 0. The van der Waals surface area contributed by atoms with Crippen LogP contribution in [0.1, 0.15) is 82.0 Å². The third-order valence-electron chi connectivity index (χ3n) is 8.68. The average Bonchev–Trinajstić information content (AvgIpc) is 3.60. The van der Waals surface area contributed by atoms with Crippen molar-refractivity contribution < 1.29 is 9.26 Å². The van der Waals surface area contributed by atoms with Gasteiger partial charge in [0, 0.05) is 12.1 Å². The molecule has 3 aromatic carbocycles. The number of hydrogen-bond acceptors (Lipinski definition) is 5. The number of nitrogens with one attached hydrogen (secondary N) is 1. The summed E-state index contributed by atoms with van der Waals surface area (Å²) in [7, 11) is 0. The Morgan fingerprint density at radius 2 is 1.73 bits per heavy atom. The molecule has 3 N–H and O–H groups in total. The van der Waals surface area contributed by atoms with Crippen molar-refractivity contribution in [2.24, 2.45) is 5.73 Å². The molecule has 6 rings (SSSR count). The maximum absolute atomic E-state index is 7.80. The smallest absolute Gasteiger partial charge is 0.249 e. The predicted octanol–water partition coefficient (Wildman–Crippen LogP) is 7.27. The molecule has 0 saturated carbocycles. The molecule has 40 heavy (non-hydrogen) atoms. The molecule has 8 heteroatoms. The van der Waals surface area contributed by atoms with Gasteiger partial charge in [0.05, 0.1) is 0 Å². The van der Waals surface area contributed by atoms with Gasteiger partial charge in [-0.15, -0.1) is 12.4 Å². The Hall–Kier alpha value is -3.58. The van der Waals surface area contributed by atoms with Crippen molar-refractivity contribution >= 4 is 29.1 Å². The van der Waals surface area contributed by atoms with Crippen LogP contribution in [-0.4, -0.2) is 27.5 Å². The van der Waals surface area contributed by atoms with Crippen LogP contribution in [0.4, 0.5) is 0 Å². The first kappa shape index (κ1) is 28.0. The van der Waals surface area contributed by atoms with Gasteiger partial charge in [-0.25, -0.2) is 0 Å². The first-order valence-electron chi connectivity index (χ1n) is 13.9. The maximum atomic E-state index is 7.80. The molecular weight excluding hydrogens is 522 g/mol. The van der Waals surface area contributed by atoms with E-state index in [9.17, 15) is 0 Å². The SMILES string of the molecule is CC1(C)CCC(C)(C)c2cc(COc3ccc4cc(-c5noc(C6CCCN6C(=N)N)n5)ccc4c3)ccc21.Cl. The molecule has 1 aliphatic carbocycles. The van der Waals surface area contributed by atoms with Crippen molar-refractivity contribution in [2.75, 3.05) is 6.54 Å². The molecular formula is C32H38ClN5O2. The molecule has 0 bridgehead atoms. The molecule has 1 aliphatic heterocycles. The van der Waals surface area contributed by atoms with E-state index in [1.165, 1.54) is 29.5 Å². The number of aromatic nitrogens is 2. The molecule has 1 unspecified atom stereocenters. The zero-order chi connectivity index (χ0) is 27.4. The number of halogens is 1. The molecule has 1 saturated heterocycles. The quantitative estimate of drug-likeness (QED) is 0.197. The lowest BCUT2D eigenvalue weighted by Gasteiger charge is -2.42. The minimum Gasteiger partial charge on any atom is -0.489 e. The van der Waals surface area contributed by atoms with Gasteiger partial charge in [0.1, 0.15) is 18.4 Å². The van der Waals surface area contributed by atoms with Crippen molar-refractivity contribution in [3.05, 3.63) is 77.2 Å². The van der Waals surface area contributed by atoms with Gasteiger partial charge in [-0.3, -0.25) is 5.41 Å². The van der Waals surface area contributed by atoms with Crippen molar-refractivity contribution in [3.63, 3.8) is 0 Å². The second-order valence-corrected chi connectivity index (χ2v) is 12.4. The van der Waals surface area contributed by atoms with Crippen LogP contribution in [0.25, 0.3) is 22.2 Å². The van der Waals surface area contributed by atoms with Crippen molar-refractivity contribution in [1.82, 2.24) is 15.0 Å². The highest BCUT2D eigenvalue weighted by Gasteiger charge is 2.37. The monoisotopic (exact) mass is 559 g/mol. The number of guanidine groups is 1.